The SMILES string of the molecule is Cc1ccc2c(c1)C1CC(C)C=CC1N2c1ccc(C2=CC(c3cc(-n4c5ccc(C)cc5c5cc(C)ccc54)cc(-n4c5ccc(C)cc5c5cc(C)ccc54)c3)CN=C2)cc1. The second-order valence-corrected chi connectivity index (χ2v) is 18.9. The highest BCUT2D eigenvalue weighted by atomic mass is 15.2. The number of aryl methyl sites for hydroxylation is 5. The lowest BCUT2D eigenvalue weighted by molar-refractivity contribution is 0.489. The molecule has 0 saturated heterocycles. The van der Waals surface area contributed by atoms with Gasteiger partial charge in [0, 0.05) is 68.9 Å². The zero-order chi connectivity index (χ0) is 42.7. The van der Waals surface area contributed by atoms with E-state index in [9.17, 15) is 0 Å². The third kappa shape index (κ3) is 6.13. The van der Waals surface area contributed by atoms with Crippen molar-refractivity contribution in [3.8, 4) is 11.4 Å². The second-order valence-electron chi connectivity index (χ2n) is 18.9. The maximum Gasteiger partial charge on any atom is 0.0592 e. The molecule has 0 amide bonds. The maximum atomic E-state index is 5.09. The van der Waals surface area contributed by atoms with Gasteiger partial charge in [-0.25, -0.2) is 0 Å². The van der Waals surface area contributed by atoms with Crippen molar-refractivity contribution >= 4 is 66.8 Å². The number of aromatic nitrogens is 2. The summed E-state index contributed by atoms with van der Waals surface area (Å²) >= 11 is 0. The van der Waals surface area contributed by atoms with Gasteiger partial charge in [-0.15, -0.1) is 0 Å². The number of aliphatic imine (C=N–C) groups is 1. The summed E-state index contributed by atoms with van der Waals surface area (Å²) in [5, 5.41) is 5.14. The van der Waals surface area contributed by atoms with E-state index in [0.717, 1.165) is 16.9 Å². The molecule has 3 aliphatic rings. The van der Waals surface area contributed by atoms with Crippen molar-refractivity contribution in [1.82, 2.24) is 9.13 Å². The average Bonchev–Trinajstić information content (AvgIpc) is 3.90. The van der Waals surface area contributed by atoms with Crippen LogP contribution in [-0.4, -0.2) is 27.9 Å². The molecule has 4 heterocycles. The summed E-state index contributed by atoms with van der Waals surface area (Å²) in [5.41, 5.74) is 21.3. The summed E-state index contributed by atoms with van der Waals surface area (Å²) in [6, 6.07) is 51.5. The van der Waals surface area contributed by atoms with Crippen LogP contribution in [0.5, 0.6) is 0 Å². The Balaban J connectivity index is 1.00. The largest absolute Gasteiger partial charge is 0.334 e. The van der Waals surface area contributed by atoms with Crippen LogP contribution in [0.2, 0.25) is 0 Å². The molecule has 2 aliphatic heterocycles. The molecule has 0 radical (unpaired) electrons. The zero-order valence-corrected chi connectivity index (χ0v) is 37.0. The van der Waals surface area contributed by atoms with E-state index in [1.165, 1.54) is 106 Å². The predicted octanol–water partition coefficient (Wildman–Crippen LogP) is 14.9. The average molecular weight is 817 g/mol. The van der Waals surface area contributed by atoms with Crippen LogP contribution in [0.3, 0.4) is 0 Å². The van der Waals surface area contributed by atoms with Gasteiger partial charge in [0.25, 0.3) is 0 Å². The summed E-state index contributed by atoms with van der Waals surface area (Å²) in [6.45, 7) is 14.0. The van der Waals surface area contributed by atoms with Crippen LogP contribution < -0.4 is 4.90 Å². The van der Waals surface area contributed by atoms with Gasteiger partial charge in [-0.3, -0.25) is 4.99 Å². The van der Waals surface area contributed by atoms with Crippen LogP contribution in [0.4, 0.5) is 11.4 Å². The van der Waals surface area contributed by atoms with E-state index in [1.54, 1.807) is 0 Å². The molecule has 0 N–H and O–H groups in total. The van der Waals surface area contributed by atoms with Crippen molar-refractivity contribution in [3.63, 3.8) is 0 Å². The third-order valence-corrected chi connectivity index (χ3v) is 14.2. The van der Waals surface area contributed by atoms with Crippen molar-refractivity contribution in [2.24, 2.45) is 10.9 Å². The Bertz CT molecular complexity index is 3180. The summed E-state index contributed by atoms with van der Waals surface area (Å²) in [7, 11) is 0. The lowest BCUT2D eigenvalue weighted by Gasteiger charge is -2.32. The molecule has 2 aromatic heterocycles. The van der Waals surface area contributed by atoms with E-state index in [1.807, 2.05) is 0 Å². The Kier molecular flexibility index (Phi) is 8.60. The number of allylic oxidation sites excluding steroid dienone is 2. The maximum absolute atomic E-state index is 5.09. The van der Waals surface area contributed by atoms with Crippen LogP contribution >= 0.6 is 0 Å². The van der Waals surface area contributed by atoms with Crippen LogP contribution in [-0.2, 0) is 0 Å². The minimum Gasteiger partial charge on any atom is -0.334 e. The first-order valence-electron chi connectivity index (χ1n) is 22.7. The fraction of sp³-hybridized carbons (Fsp3) is 0.203. The summed E-state index contributed by atoms with van der Waals surface area (Å²) in [6.07, 6.45) is 10.6. The Hall–Kier alpha value is -6.91. The van der Waals surface area contributed by atoms with Gasteiger partial charge in [0.1, 0.15) is 0 Å². The summed E-state index contributed by atoms with van der Waals surface area (Å²) in [4.78, 5) is 7.66. The highest BCUT2D eigenvalue weighted by Gasteiger charge is 2.40. The van der Waals surface area contributed by atoms with Gasteiger partial charge >= 0.3 is 0 Å². The fourth-order valence-electron chi connectivity index (χ4n) is 11.2. The number of nitrogens with zero attached hydrogens (tertiary/aromatic N) is 4. The van der Waals surface area contributed by atoms with Gasteiger partial charge in [0.15, 0.2) is 0 Å². The van der Waals surface area contributed by atoms with Crippen LogP contribution in [0.1, 0.15) is 69.7 Å². The van der Waals surface area contributed by atoms with Crippen molar-refractivity contribution in [2.75, 3.05) is 11.4 Å². The van der Waals surface area contributed by atoms with E-state index in [4.69, 9.17) is 4.99 Å². The van der Waals surface area contributed by atoms with E-state index in [-0.39, 0.29) is 5.92 Å². The Morgan fingerprint density at radius 3 is 1.56 bits per heavy atom. The molecule has 0 spiro atoms. The molecule has 0 fully saturated rings. The molecule has 4 unspecified atom stereocenters. The lowest BCUT2D eigenvalue weighted by atomic mass is 9.81. The van der Waals surface area contributed by atoms with Gasteiger partial charge in [0.05, 0.1) is 28.1 Å². The van der Waals surface area contributed by atoms with Gasteiger partial charge in [-0.2, -0.15) is 0 Å². The number of rotatable bonds is 5. The Morgan fingerprint density at radius 2 is 1.02 bits per heavy atom. The van der Waals surface area contributed by atoms with E-state index in [2.05, 4.69) is 213 Å². The van der Waals surface area contributed by atoms with Gasteiger partial charge in [-0.1, -0.05) is 101 Å². The molecular formula is C59H52N4. The number of fused-ring (bicyclic) bond motifs is 9. The molecule has 4 nitrogen and oxygen atoms in total. The van der Waals surface area contributed by atoms with Gasteiger partial charge in [-0.05, 0) is 154 Å². The molecule has 7 aromatic carbocycles. The molecule has 0 saturated carbocycles. The first-order chi connectivity index (χ1) is 30.6. The molecule has 0 bridgehead atoms. The van der Waals surface area contributed by atoms with Crippen molar-refractivity contribution in [2.45, 2.75) is 65.8 Å². The Morgan fingerprint density at radius 1 is 0.508 bits per heavy atom. The number of hydrogen-bond donors (Lipinski definition) is 0. The third-order valence-electron chi connectivity index (χ3n) is 14.2. The van der Waals surface area contributed by atoms with Gasteiger partial charge < -0.3 is 14.0 Å². The number of benzene rings is 7. The first kappa shape index (κ1) is 37.8. The molecule has 4 atom stereocenters. The first-order valence-corrected chi connectivity index (χ1v) is 22.7. The predicted molar refractivity (Wildman–Crippen MR) is 267 cm³/mol. The molecule has 9 aromatic rings. The van der Waals surface area contributed by atoms with Crippen LogP contribution in [0, 0.1) is 40.5 Å². The number of dihydropyridines is 1. The molecule has 12 rings (SSSR count). The second kappa shape index (κ2) is 14.3. The molecular weight excluding hydrogens is 765 g/mol. The van der Waals surface area contributed by atoms with Crippen LogP contribution in [0.25, 0.3) is 60.6 Å². The lowest BCUT2D eigenvalue weighted by Crippen LogP contribution is -2.31. The van der Waals surface area contributed by atoms with E-state index >= 15 is 0 Å². The van der Waals surface area contributed by atoms with Crippen LogP contribution in [0.15, 0.2) is 157 Å². The zero-order valence-electron chi connectivity index (χ0n) is 37.0. The Labute approximate surface area is 370 Å². The fourth-order valence-corrected chi connectivity index (χ4v) is 11.2. The van der Waals surface area contributed by atoms with E-state index < -0.39 is 0 Å². The van der Waals surface area contributed by atoms with Crippen molar-refractivity contribution < 1.29 is 0 Å². The molecule has 1 aliphatic carbocycles. The number of anilines is 2. The quantitative estimate of drug-likeness (QED) is 0.159. The summed E-state index contributed by atoms with van der Waals surface area (Å²) in [5.74, 6) is 1.19. The van der Waals surface area contributed by atoms with Crippen molar-refractivity contribution in [3.05, 3.63) is 196 Å². The monoisotopic (exact) mass is 816 g/mol. The van der Waals surface area contributed by atoms with Crippen molar-refractivity contribution in [1.29, 1.82) is 0 Å². The highest BCUT2D eigenvalue weighted by Crippen LogP contribution is 2.50. The summed E-state index contributed by atoms with van der Waals surface area (Å²) < 4.78 is 4.97. The normalized spacial score (nSPS) is 19.4. The highest BCUT2D eigenvalue weighted by molar-refractivity contribution is 6.12. The molecule has 63 heavy (non-hydrogen) atoms. The smallest absolute Gasteiger partial charge is 0.0592 e. The van der Waals surface area contributed by atoms with Gasteiger partial charge in [0.2, 0.25) is 0 Å². The molecule has 4 heteroatoms. The van der Waals surface area contributed by atoms with E-state index in [0.29, 0.717) is 24.4 Å². The topological polar surface area (TPSA) is 25.5 Å². The minimum atomic E-state index is 0.0855. The standard InChI is InChI=1S/C59H52N4/c1-35-7-17-54-48(23-35)49-24-36(2)8-18-55(49)61(54)45-15-13-41(14-16-45)43-29-44(34-60-33-43)42-30-46(62-56-19-9-37(3)25-50(56)51-26-38(4)10-20-57(51)62)32-47(31-42)63-58-21-11-39(5)27-52(58)53-28-40(6)12-22-59(53)63/h7-23,25-33,36,44,49,55H,24,34H2,1-6H3. The minimum absolute atomic E-state index is 0.0855. The number of hydrogen-bond acceptors (Lipinski definition) is 2. The molecule has 308 valence electrons.